The second-order valence-corrected chi connectivity index (χ2v) is 5.80. The van der Waals surface area contributed by atoms with Gasteiger partial charge in [0.25, 0.3) is 0 Å². The smallest absolute Gasteiger partial charge is 0.159 e. The molecule has 4 heteroatoms. The predicted molar refractivity (Wildman–Crippen MR) is 84.7 cm³/mol. The molecule has 1 saturated heterocycles. The van der Waals surface area contributed by atoms with E-state index in [0.29, 0.717) is 18.2 Å². The van der Waals surface area contributed by atoms with Gasteiger partial charge in [-0.1, -0.05) is 13.8 Å². The summed E-state index contributed by atoms with van der Waals surface area (Å²) in [6.07, 6.45) is 1.18. The molecule has 0 aromatic heterocycles. The number of ketones is 1. The van der Waals surface area contributed by atoms with E-state index in [1.165, 1.54) is 6.42 Å². The monoisotopic (exact) mass is 290 g/mol. The molecule has 0 saturated carbocycles. The highest BCUT2D eigenvalue weighted by Crippen LogP contribution is 2.24. The van der Waals surface area contributed by atoms with Crippen LogP contribution in [0.4, 0.5) is 0 Å². The van der Waals surface area contributed by atoms with Crippen molar-refractivity contribution >= 4 is 5.78 Å². The molecule has 1 aromatic carbocycles. The number of benzene rings is 1. The van der Waals surface area contributed by atoms with Crippen molar-refractivity contribution < 1.29 is 9.90 Å². The zero-order valence-electron chi connectivity index (χ0n) is 13.3. The van der Waals surface area contributed by atoms with Gasteiger partial charge in [0.1, 0.15) is 5.75 Å². The van der Waals surface area contributed by atoms with Crippen molar-refractivity contribution in [2.24, 2.45) is 0 Å². The van der Waals surface area contributed by atoms with Crippen LogP contribution in [0.1, 0.15) is 43.1 Å². The van der Waals surface area contributed by atoms with Gasteiger partial charge in [0.2, 0.25) is 0 Å². The van der Waals surface area contributed by atoms with Crippen molar-refractivity contribution in [3.63, 3.8) is 0 Å². The third-order valence-electron chi connectivity index (χ3n) is 4.46. The molecule has 0 spiro atoms. The molecule has 0 bridgehead atoms. The van der Waals surface area contributed by atoms with Gasteiger partial charge in [0.15, 0.2) is 5.78 Å². The minimum atomic E-state index is 0.0405. The summed E-state index contributed by atoms with van der Waals surface area (Å²) in [5.41, 5.74) is 1.52. The summed E-state index contributed by atoms with van der Waals surface area (Å²) in [6, 6.07) is 5.74. The van der Waals surface area contributed by atoms with E-state index in [-0.39, 0.29) is 11.5 Å². The molecule has 2 rings (SSSR count). The molecule has 1 atom stereocenters. The second-order valence-electron chi connectivity index (χ2n) is 5.80. The molecule has 0 radical (unpaired) electrons. The quantitative estimate of drug-likeness (QED) is 0.818. The first-order chi connectivity index (χ1) is 10.0. The lowest BCUT2D eigenvalue weighted by Gasteiger charge is -2.26. The Morgan fingerprint density at radius 1 is 1.38 bits per heavy atom. The Morgan fingerprint density at radius 3 is 2.71 bits per heavy atom. The minimum Gasteiger partial charge on any atom is -0.508 e. The van der Waals surface area contributed by atoms with Crippen molar-refractivity contribution in [2.45, 2.75) is 39.8 Å². The summed E-state index contributed by atoms with van der Waals surface area (Å²) in [4.78, 5) is 16.3. The van der Waals surface area contributed by atoms with Gasteiger partial charge in [-0.15, -0.1) is 0 Å². The highest BCUT2D eigenvalue weighted by atomic mass is 16.3. The minimum absolute atomic E-state index is 0.0405. The van der Waals surface area contributed by atoms with E-state index in [0.717, 1.165) is 31.7 Å². The lowest BCUT2D eigenvalue weighted by Crippen LogP contribution is -2.37. The summed E-state index contributed by atoms with van der Waals surface area (Å²) >= 11 is 0. The van der Waals surface area contributed by atoms with Gasteiger partial charge < -0.3 is 5.11 Å². The van der Waals surface area contributed by atoms with E-state index >= 15 is 0 Å². The molecule has 4 nitrogen and oxygen atoms in total. The second kappa shape index (κ2) is 7.05. The maximum atomic E-state index is 11.5. The number of rotatable bonds is 6. The molecule has 116 valence electrons. The summed E-state index contributed by atoms with van der Waals surface area (Å²) in [5.74, 6) is 0.324. The maximum absolute atomic E-state index is 11.5. The maximum Gasteiger partial charge on any atom is 0.159 e. The first-order valence-electron chi connectivity index (χ1n) is 7.84. The molecule has 1 unspecified atom stereocenters. The van der Waals surface area contributed by atoms with Crippen LogP contribution >= 0.6 is 0 Å². The number of phenols is 1. The summed E-state index contributed by atoms with van der Waals surface area (Å²) in [6.45, 7) is 10.9. The van der Waals surface area contributed by atoms with Crippen LogP contribution in [0.2, 0.25) is 0 Å². The Bertz CT molecular complexity index is 498. The number of phenolic OH excluding ortho intramolecular Hbond substituents is 1. The number of carbonyl (C=O) groups excluding carboxylic acids is 1. The van der Waals surface area contributed by atoms with Crippen LogP contribution in [-0.4, -0.2) is 52.9 Å². The molecule has 1 aliphatic rings. The van der Waals surface area contributed by atoms with Crippen LogP contribution in [-0.2, 0) is 6.54 Å². The van der Waals surface area contributed by atoms with Crippen molar-refractivity contribution in [3.05, 3.63) is 29.3 Å². The van der Waals surface area contributed by atoms with Gasteiger partial charge in [0, 0.05) is 36.8 Å². The van der Waals surface area contributed by atoms with Crippen LogP contribution in [0.3, 0.4) is 0 Å². The highest BCUT2D eigenvalue weighted by molar-refractivity contribution is 5.94. The Morgan fingerprint density at radius 2 is 2.10 bits per heavy atom. The standard InChI is InChI=1S/C17H26N2O2/c1-4-19(5-2)16-8-9-18(12-16)11-15-10-14(13(3)20)6-7-17(15)21/h6-7,10,16,21H,4-5,8-9,11-12H2,1-3H3. The Balaban J connectivity index is 2.03. The van der Waals surface area contributed by atoms with Crippen molar-refractivity contribution in [1.82, 2.24) is 9.80 Å². The zero-order valence-corrected chi connectivity index (χ0v) is 13.3. The highest BCUT2D eigenvalue weighted by Gasteiger charge is 2.26. The van der Waals surface area contributed by atoms with Crippen LogP contribution in [0, 0.1) is 0 Å². The number of hydrogen-bond donors (Lipinski definition) is 1. The van der Waals surface area contributed by atoms with Crippen LogP contribution in [0.25, 0.3) is 0 Å². The number of hydrogen-bond acceptors (Lipinski definition) is 4. The number of likely N-dealkylation sites (tertiary alicyclic amines) is 1. The van der Waals surface area contributed by atoms with Crippen LogP contribution in [0.15, 0.2) is 18.2 Å². The fraction of sp³-hybridized carbons (Fsp3) is 0.588. The van der Waals surface area contributed by atoms with Gasteiger partial charge in [-0.25, -0.2) is 0 Å². The lowest BCUT2D eigenvalue weighted by molar-refractivity contribution is 0.101. The summed E-state index contributed by atoms with van der Waals surface area (Å²) in [7, 11) is 0. The number of carbonyl (C=O) groups is 1. The molecule has 1 fully saturated rings. The summed E-state index contributed by atoms with van der Waals surface area (Å²) in [5, 5.41) is 10.00. The van der Waals surface area contributed by atoms with E-state index < -0.39 is 0 Å². The van der Waals surface area contributed by atoms with Gasteiger partial charge in [-0.2, -0.15) is 0 Å². The molecule has 21 heavy (non-hydrogen) atoms. The fourth-order valence-corrected chi connectivity index (χ4v) is 3.17. The SMILES string of the molecule is CCN(CC)C1CCN(Cc2cc(C(C)=O)ccc2O)C1. The zero-order chi connectivity index (χ0) is 15.4. The average molecular weight is 290 g/mol. The fourth-order valence-electron chi connectivity index (χ4n) is 3.17. The average Bonchev–Trinajstić information content (AvgIpc) is 2.91. The third-order valence-corrected chi connectivity index (χ3v) is 4.46. The number of likely N-dealkylation sites (N-methyl/N-ethyl adjacent to an activating group) is 1. The van der Waals surface area contributed by atoms with Gasteiger partial charge >= 0.3 is 0 Å². The first-order valence-corrected chi connectivity index (χ1v) is 7.84. The van der Waals surface area contributed by atoms with Gasteiger partial charge in [-0.3, -0.25) is 14.6 Å². The Labute approximate surface area is 127 Å². The van der Waals surface area contributed by atoms with Crippen LogP contribution in [0.5, 0.6) is 5.75 Å². The first kappa shape index (κ1) is 16.0. The van der Waals surface area contributed by atoms with Crippen molar-refractivity contribution in [2.75, 3.05) is 26.2 Å². The molecule has 0 aliphatic carbocycles. The Kier molecular flexibility index (Phi) is 5.37. The van der Waals surface area contributed by atoms with E-state index in [1.54, 1.807) is 19.1 Å². The third kappa shape index (κ3) is 3.83. The van der Waals surface area contributed by atoms with Gasteiger partial charge in [0.05, 0.1) is 0 Å². The summed E-state index contributed by atoms with van der Waals surface area (Å²) < 4.78 is 0. The van der Waals surface area contributed by atoms with Crippen molar-refractivity contribution in [3.8, 4) is 5.75 Å². The molecule has 1 heterocycles. The molecular weight excluding hydrogens is 264 g/mol. The predicted octanol–water partition coefficient (Wildman–Crippen LogP) is 2.51. The molecule has 1 aromatic rings. The lowest BCUT2D eigenvalue weighted by atomic mass is 10.1. The van der Waals surface area contributed by atoms with E-state index in [1.807, 2.05) is 6.07 Å². The van der Waals surface area contributed by atoms with Gasteiger partial charge in [-0.05, 0) is 44.6 Å². The normalized spacial score (nSPS) is 19.3. The largest absolute Gasteiger partial charge is 0.508 e. The number of Topliss-reactive ketones (excluding diaryl/α,β-unsaturated/α-hetero) is 1. The molecular formula is C17H26N2O2. The van der Waals surface area contributed by atoms with E-state index in [9.17, 15) is 9.90 Å². The molecule has 0 amide bonds. The van der Waals surface area contributed by atoms with Crippen molar-refractivity contribution in [1.29, 1.82) is 0 Å². The topological polar surface area (TPSA) is 43.8 Å². The molecule has 1 N–H and O–H groups in total. The molecule has 1 aliphatic heterocycles. The number of nitrogens with zero attached hydrogens (tertiary/aromatic N) is 2. The van der Waals surface area contributed by atoms with E-state index in [2.05, 4.69) is 23.6 Å². The number of aromatic hydroxyl groups is 1. The van der Waals surface area contributed by atoms with E-state index in [4.69, 9.17) is 0 Å². The Hall–Kier alpha value is -1.39. The van der Waals surface area contributed by atoms with Crippen LogP contribution < -0.4 is 0 Å².